The van der Waals surface area contributed by atoms with Crippen LogP contribution in [0.25, 0.3) is 0 Å². The Kier molecular flexibility index (Phi) is 5.02. The molecule has 4 heteroatoms. The number of rotatable bonds is 5. The molecule has 0 aliphatic rings. The van der Waals surface area contributed by atoms with Crippen molar-refractivity contribution in [3.63, 3.8) is 0 Å². The zero-order chi connectivity index (χ0) is 11.6. The number of aliphatic carboxylic acids is 1. The summed E-state index contributed by atoms with van der Waals surface area (Å²) in [6, 6.07) is 0. The molecule has 1 N–H and O–H groups in total. The van der Waals surface area contributed by atoms with Gasteiger partial charge in [0, 0.05) is 0 Å². The average molecular weight is 240 g/mol. The van der Waals surface area contributed by atoms with Crippen LogP contribution in [0.1, 0.15) is 6.92 Å². The average Bonchev–Trinajstić information content (AvgIpc) is 1.98. The number of hydrogen-bond donors (Lipinski definition) is 1. The van der Waals surface area contributed by atoms with E-state index in [4.69, 9.17) is 5.11 Å². The summed E-state index contributed by atoms with van der Waals surface area (Å²) in [7, 11) is -2.55. The first kappa shape index (κ1) is 14.3. The van der Waals surface area contributed by atoms with Crippen LogP contribution in [0.5, 0.6) is 0 Å². The maximum absolute atomic E-state index is 10.9. The van der Waals surface area contributed by atoms with Crippen LogP contribution in [0.3, 0.4) is 0 Å². The third-order valence-electron chi connectivity index (χ3n) is 3.06. The SMILES string of the molecule is CC(C(=O)O)[PH](C)(C)CC[PH](C)(C)C. The van der Waals surface area contributed by atoms with Gasteiger partial charge >= 0.3 is 88.6 Å². The molecule has 0 bridgehead atoms. The predicted octanol–water partition coefficient (Wildman–Crippen LogP) is 2.11. The fraction of sp³-hybridized carbons (Fsp3) is 0.900. The van der Waals surface area contributed by atoms with Crippen LogP contribution in [-0.4, -0.2) is 62.4 Å². The van der Waals surface area contributed by atoms with Crippen molar-refractivity contribution >= 4 is 20.5 Å². The Morgan fingerprint density at radius 3 is 1.86 bits per heavy atom. The Hall–Kier alpha value is 0.330. The van der Waals surface area contributed by atoms with Gasteiger partial charge in [-0.25, -0.2) is 0 Å². The molecule has 0 spiro atoms. The number of carboxylic acid groups (broad SMARTS) is 1. The van der Waals surface area contributed by atoms with Crippen LogP contribution in [0.4, 0.5) is 0 Å². The maximum atomic E-state index is 10.9. The van der Waals surface area contributed by atoms with E-state index in [-0.39, 0.29) is 5.66 Å². The third kappa shape index (κ3) is 5.27. The third-order valence-corrected chi connectivity index (χ3v) is 9.44. The van der Waals surface area contributed by atoms with Crippen molar-refractivity contribution in [2.24, 2.45) is 0 Å². The number of carbonyl (C=O) groups is 1. The molecule has 1 atom stereocenters. The van der Waals surface area contributed by atoms with Crippen LogP contribution in [0.2, 0.25) is 0 Å². The van der Waals surface area contributed by atoms with E-state index in [1.54, 1.807) is 0 Å². The summed E-state index contributed by atoms with van der Waals surface area (Å²) in [6.45, 7) is 13.3. The van der Waals surface area contributed by atoms with Crippen molar-refractivity contribution in [1.29, 1.82) is 0 Å². The molecule has 0 rings (SSSR count). The van der Waals surface area contributed by atoms with Gasteiger partial charge in [0.05, 0.1) is 0 Å². The molecule has 1 unspecified atom stereocenters. The Morgan fingerprint density at radius 2 is 1.57 bits per heavy atom. The van der Waals surface area contributed by atoms with Gasteiger partial charge in [-0.1, -0.05) is 0 Å². The van der Waals surface area contributed by atoms with E-state index in [2.05, 4.69) is 33.3 Å². The molecular weight excluding hydrogens is 214 g/mol. The summed E-state index contributed by atoms with van der Waals surface area (Å²) >= 11 is 0. The van der Waals surface area contributed by atoms with Crippen LogP contribution < -0.4 is 0 Å². The van der Waals surface area contributed by atoms with E-state index in [9.17, 15) is 4.79 Å². The molecule has 14 heavy (non-hydrogen) atoms. The second-order valence-corrected chi connectivity index (χ2v) is 17.1. The molecule has 0 fully saturated rings. The van der Waals surface area contributed by atoms with Gasteiger partial charge in [-0.2, -0.15) is 0 Å². The van der Waals surface area contributed by atoms with Crippen molar-refractivity contribution in [3.8, 4) is 0 Å². The molecule has 0 heterocycles. The summed E-state index contributed by atoms with van der Waals surface area (Å²) in [5.41, 5.74) is -0.112. The van der Waals surface area contributed by atoms with Gasteiger partial charge in [0.25, 0.3) is 0 Å². The summed E-state index contributed by atoms with van der Waals surface area (Å²) < 4.78 is 0. The molecule has 0 aliphatic carbocycles. The van der Waals surface area contributed by atoms with Gasteiger partial charge in [0.15, 0.2) is 0 Å². The topological polar surface area (TPSA) is 37.3 Å². The van der Waals surface area contributed by atoms with E-state index in [0.717, 1.165) is 6.16 Å². The molecule has 0 saturated carbocycles. The minimum absolute atomic E-state index is 0.112. The first-order valence-electron chi connectivity index (χ1n) is 5.29. The normalized spacial score (nSPS) is 17.6. The fourth-order valence-electron chi connectivity index (χ4n) is 1.25. The van der Waals surface area contributed by atoms with Crippen LogP contribution in [0, 0.1) is 0 Å². The predicted molar refractivity (Wildman–Crippen MR) is 73.1 cm³/mol. The molecule has 0 radical (unpaired) electrons. The zero-order valence-corrected chi connectivity index (χ0v) is 12.3. The van der Waals surface area contributed by atoms with Crippen molar-refractivity contribution in [2.45, 2.75) is 12.6 Å². The van der Waals surface area contributed by atoms with E-state index >= 15 is 0 Å². The molecule has 0 amide bonds. The molecule has 0 aromatic rings. The van der Waals surface area contributed by atoms with Crippen molar-refractivity contribution < 1.29 is 9.90 Å². The van der Waals surface area contributed by atoms with Gasteiger partial charge in [-0.15, -0.1) is 0 Å². The quantitative estimate of drug-likeness (QED) is 0.747. The van der Waals surface area contributed by atoms with Crippen LogP contribution in [0.15, 0.2) is 0 Å². The summed E-state index contributed by atoms with van der Waals surface area (Å²) in [5.74, 6) is -0.614. The summed E-state index contributed by atoms with van der Waals surface area (Å²) in [4.78, 5) is 10.9. The Morgan fingerprint density at radius 1 is 1.14 bits per heavy atom. The number of hydrogen-bond acceptors (Lipinski definition) is 1. The molecule has 0 saturated heterocycles. The van der Waals surface area contributed by atoms with Gasteiger partial charge in [-0.3, -0.25) is 0 Å². The fourth-order valence-corrected chi connectivity index (χ4v) is 7.93. The van der Waals surface area contributed by atoms with Crippen molar-refractivity contribution in [1.82, 2.24) is 0 Å². The Balaban J connectivity index is 4.27. The monoisotopic (exact) mass is 240 g/mol. The summed E-state index contributed by atoms with van der Waals surface area (Å²) in [6.07, 6.45) is 2.43. The second kappa shape index (κ2) is 4.90. The van der Waals surface area contributed by atoms with Crippen molar-refractivity contribution in [3.05, 3.63) is 0 Å². The van der Waals surface area contributed by atoms with Crippen molar-refractivity contribution in [2.75, 3.05) is 45.6 Å². The molecule has 0 aliphatic heterocycles. The van der Waals surface area contributed by atoms with E-state index in [1.807, 2.05) is 6.92 Å². The van der Waals surface area contributed by atoms with Gasteiger partial charge in [-0.05, 0) is 0 Å². The Labute approximate surface area is 89.1 Å². The second-order valence-electron chi connectivity index (χ2n) is 6.11. The molecule has 0 aromatic carbocycles. The van der Waals surface area contributed by atoms with Crippen LogP contribution >= 0.6 is 14.5 Å². The van der Waals surface area contributed by atoms with Gasteiger partial charge in [0.2, 0.25) is 0 Å². The molecule has 0 aromatic heterocycles. The number of carboxylic acids is 1. The molecule has 2 nitrogen and oxygen atoms in total. The standard InChI is InChI=1S/C10H26O2P2/c1-9(10(11)12)14(5,6)8-7-13(2,3)4/h9,13-14H,7-8H2,1-6H3,(H,11,12). The van der Waals surface area contributed by atoms with E-state index < -0.39 is 20.5 Å². The minimum atomic E-state index is -1.54. The molecular formula is C10H26O2P2. The van der Waals surface area contributed by atoms with E-state index in [0.29, 0.717) is 0 Å². The van der Waals surface area contributed by atoms with E-state index in [1.165, 1.54) is 6.16 Å². The van der Waals surface area contributed by atoms with Crippen LogP contribution in [-0.2, 0) is 4.79 Å². The Bertz CT molecular complexity index is 207. The summed E-state index contributed by atoms with van der Waals surface area (Å²) in [5, 5.41) is 8.99. The first-order chi connectivity index (χ1) is 6.06. The first-order valence-corrected chi connectivity index (χ1v) is 12.3. The van der Waals surface area contributed by atoms with Gasteiger partial charge in [0.1, 0.15) is 0 Å². The zero-order valence-electron chi connectivity index (χ0n) is 10.3. The molecule has 88 valence electrons. The van der Waals surface area contributed by atoms with Gasteiger partial charge < -0.3 is 0 Å².